The minimum atomic E-state index is -0.612. The molecular weight excluding hydrogens is 389 g/mol. The molecule has 0 bridgehead atoms. The van der Waals surface area contributed by atoms with E-state index in [1.54, 1.807) is 24.3 Å². The normalized spacial score (nSPS) is 22.4. The molecule has 8 nitrogen and oxygen atoms in total. The molecule has 156 valence electrons. The summed E-state index contributed by atoms with van der Waals surface area (Å²) < 4.78 is 20.1. The summed E-state index contributed by atoms with van der Waals surface area (Å²) in [5.41, 5.74) is 1.90. The summed E-state index contributed by atoms with van der Waals surface area (Å²) in [5, 5.41) is 19.9. The van der Waals surface area contributed by atoms with Crippen LogP contribution in [0.2, 0.25) is 0 Å². The Balaban J connectivity index is 1.65. The molecule has 0 spiro atoms. The molecule has 2 saturated heterocycles. The lowest BCUT2D eigenvalue weighted by molar-refractivity contribution is -0.120. The molecule has 9 heteroatoms. The third kappa shape index (κ3) is 4.69. The van der Waals surface area contributed by atoms with Gasteiger partial charge >= 0.3 is 6.09 Å². The van der Waals surface area contributed by atoms with E-state index >= 15 is 0 Å². The van der Waals surface area contributed by atoms with Gasteiger partial charge in [-0.25, -0.2) is 9.18 Å². The first-order valence-electron chi connectivity index (χ1n) is 9.67. The van der Waals surface area contributed by atoms with E-state index < -0.39 is 23.9 Å². The topological polar surface area (TPSA) is 109 Å². The van der Waals surface area contributed by atoms with Gasteiger partial charge in [0.15, 0.2) is 0 Å². The number of nitriles is 2. The minimum absolute atomic E-state index is 0.0908. The molecule has 0 aliphatic carbocycles. The van der Waals surface area contributed by atoms with Crippen molar-refractivity contribution in [3.05, 3.63) is 35.7 Å². The molecule has 2 aliphatic heterocycles. The van der Waals surface area contributed by atoms with E-state index in [1.165, 1.54) is 11.0 Å². The van der Waals surface area contributed by atoms with Gasteiger partial charge in [0.1, 0.15) is 18.3 Å². The van der Waals surface area contributed by atoms with Gasteiger partial charge in [-0.3, -0.25) is 9.69 Å². The number of carbonyl (C=O) groups is 2. The SMILES string of the molecule is CC1CN(c2ccc(N3C[C@H](CNC(=O)CC#N)OC3=O)cc2F)CCC1=CC#N. The lowest BCUT2D eigenvalue weighted by atomic mass is 9.92. The first-order valence-corrected chi connectivity index (χ1v) is 9.67. The maximum Gasteiger partial charge on any atom is 0.414 e. The van der Waals surface area contributed by atoms with Crippen LogP contribution in [-0.2, 0) is 9.53 Å². The van der Waals surface area contributed by atoms with Crippen molar-refractivity contribution >= 4 is 23.4 Å². The van der Waals surface area contributed by atoms with Gasteiger partial charge in [-0.05, 0) is 30.5 Å². The average molecular weight is 411 g/mol. The molecule has 1 aromatic rings. The molecule has 0 saturated carbocycles. The number of hydrogen-bond acceptors (Lipinski definition) is 6. The lowest BCUT2D eigenvalue weighted by Crippen LogP contribution is -2.36. The van der Waals surface area contributed by atoms with Gasteiger partial charge in [0.2, 0.25) is 5.91 Å². The highest BCUT2D eigenvalue weighted by molar-refractivity contribution is 5.90. The van der Waals surface area contributed by atoms with Crippen LogP contribution < -0.4 is 15.1 Å². The van der Waals surface area contributed by atoms with Gasteiger partial charge in [0.25, 0.3) is 0 Å². The Bertz CT molecular complexity index is 949. The number of ether oxygens (including phenoxy) is 1. The zero-order valence-corrected chi connectivity index (χ0v) is 16.6. The highest BCUT2D eigenvalue weighted by Crippen LogP contribution is 2.31. The van der Waals surface area contributed by atoms with Gasteiger partial charge in [-0.2, -0.15) is 10.5 Å². The van der Waals surface area contributed by atoms with Gasteiger partial charge in [-0.1, -0.05) is 12.5 Å². The van der Waals surface area contributed by atoms with E-state index in [0.717, 1.165) is 5.57 Å². The summed E-state index contributed by atoms with van der Waals surface area (Å²) in [6.07, 6.45) is 0.823. The van der Waals surface area contributed by atoms with Crippen molar-refractivity contribution in [3.63, 3.8) is 0 Å². The van der Waals surface area contributed by atoms with Crippen molar-refractivity contribution in [1.29, 1.82) is 10.5 Å². The first kappa shape index (κ1) is 21.1. The molecule has 0 radical (unpaired) electrons. The van der Waals surface area contributed by atoms with Crippen molar-refractivity contribution in [3.8, 4) is 12.1 Å². The van der Waals surface area contributed by atoms with Crippen LogP contribution in [0.15, 0.2) is 29.8 Å². The maximum atomic E-state index is 14.8. The van der Waals surface area contributed by atoms with Crippen LogP contribution in [0.4, 0.5) is 20.6 Å². The summed E-state index contributed by atoms with van der Waals surface area (Å²) in [7, 11) is 0. The summed E-state index contributed by atoms with van der Waals surface area (Å²) >= 11 is 0. The fourth-order valence-corrected chi connectivity index (χ4v) is 3.69. The first-order chi connectivity index (χ1) is 14.4. The van der Waals surface area contributed by atoms with Gasteiger partial charge in [-0.15, -0.1) is 0 Å². The van der Waals surface area contributed by atoms with Crippen LogP contribution in [0.5, 0.6) is 0 Å². The number of hydrogen-bond donors (Lipinski definition) is 1. The van der Waals surface area contributed by atoms with Crippen molar-refractivity contribution in [2.24, 2.45) is 5.92 Å². The van der Waals surface area contributed by atoms with Crippen LogP contribution >= 0.6 is 0 Å². The zero-order valence-electron chi connectivity index (χ0n) is 16.6. The molecule has 3 rings (SSSR count). The van der Waals surface area contributed by atoms with E-state index in [9.17, 15) is 14.0 Å². The molecular formula is C21H22FN5O3. The fraction of sp³-hybridized carbons (Fsp3) is 0.429. The third-order valence-corrected chi connectivity index (χ3v) is 5.27. The van der Waals surface area contributed by atoms with Crippen LogP contribution in [0.25, 0.3) is 0 Å². The number of benzene rings is 1. The molecule has 30 heavy (non-hydrogen) atoms. The maximum absolute atomic E-state index is 14.8. The number of allylic oxidation sites excluding steroid dienone is 1. The Kier molecular flexibility index (Phi) is 6.53. The van der Waals surface area contributed by atoms with E-state index in [2.05, 4.69) is 11.4 Å². The zero-order chi connectivity index (χ0) is 21.7. The summed E-state index contributed by atoms with van der Waals surface area (Å²) in [5.74, 6) is -0.722. The Labute approximate surface area is 174 Å². The molecule has 1 unspecified atom stereocenters. The molecule has 2 atom stereocenters. The lowest BCUT2D eigenvalue weighted by Gasteiger charge is -2.34. The molecule has 2 amide bonds. The van der Waals surface area contributed by atoms with Crippen LogP contribution in [-0.4, -0.2) is 44.3 Å². The Morgan fingerprint density at radius 2 is 2.20 bits per heavy atom. The number of piperidine rings is 1. The van der Waals surface area contributed by atoms with E-state index in [-0.39, 0.29) is 25.4 Å². The molecule has 2 heterocycles. The number of amides is 2. The number of carbonyl (C=O) groups excluding carboxylic acids is 2. The Morgan fingerprint density at radius 3 is 2.87 bits per heavy atom. The van der Waals surface area contributed by atoms with Gasteiger partial charge < -0.3 is 15.0 Å². The monoisotopic (exact) mass is 411 g/mol. The Morgan fingerprint density at radius 1 is 1.40 bits per heavy atom. The Hall–Kier alpha value is -3.59. The van der Waals surface area contributed by atoms with E-state index in [0.29, 0.717) is 30.9 Å². The summed E-state index contributed by atoms with van der Waals surface area (Å²) in [4.78, 5) is 26.8. The van der Waals surface area contributed by atoms with Crippen LogP contribution in [0.1, 0.15) is 19.8 Å². The minimum Gasteiger partial charge on any atom is -0.442 e. The molecule has 0 aromatic heterocycles. The van der Waals surface area contributed by atoms with Crippen molar-refractivity contribution in [1.82, 2.24) is 5.32 Å². The standard InChI is InChI=1S/C21H22FN5O3/c1-14-12-26(9-6-15(14)4-7-23)19-3-2-16(10-18(19)22)27-13-17(30-21(27)29)11-25-20(28)5-8-24/h2-4,10,14,17H,5-6,9,11-13H2,1H3,(H,25,28)/t14?,17-/m0/s1. The van der Waals surface area contributed by atoms with Crippen molar-refractivity contribution in [2.45, 2.75) is 25.9 Å². The van der Waals surface area contributed by atoms with Crippen molar-refractivity contribution in [2.75, 3.05) is 36.0 Å². The number of cyclic esters (lactones) is 1. The quantitative estimate of drug-likeness (QED) is 0.746. The van der Waals surface area contributed by atoms with Gasteiger partial charge in [0, 0.05) is 19.2 Å². The third-order valence-electron chi connectivity index (χ3n) is 5.27. The number of anilines is 2. The van der Waals surface area contributed by atoms with E-state index in [1.807, 2.05) is 11.8 Å². The number of rotatable bonds is 5. The number of nitrogens with zero attached hydrogens (tertiary/aromatic N) is 4. The number of halogens is 1. The summed E-state index contributed by atoms with van der Waals surface area (Å²) in [6.45, 7) is 3.50. The second-order valence-corrected chi connectivity index (χ2v) is 7.34. The smallest absolute Gasteiger partial charge is 0.414 e. The van der Waals surface area contributed by atoms with E-state index in [4.69, 9.17) is 15.3 Å². The fourth-order valence-electron chi connectivity index (χ4n) is 3.69. The largest absolute Gasteiger partial charge is 0.442 e. The van der Waals surface area contributed by atoms with Crippen LogP contribution in [0.3, 0.4) is 0 Å². The second-order valence-electron chi connectivity index (χ2n) is 7.34. The predicted octanol–water partition coefficient (Wildman–Crippen LogP) is 2.48. The van der Waals surface area contributed by atoms with Gasteiger partial charge in [0.05, 0.1) is 36.6 Å². The molecule has 1 aromatic carbocycles. The van der Waals surface area contributed by atoms with Crippen molar-refractivity contribution < 1.29 is 18.7 Å². The molecule has 1 N–H and O–H groups in total. The van der Waals surface area contributed by atoms with Crippen LogP contribution in [0, 0.1) is 34.4 Å². The second kappa shape index (κ2) is 9.27. The average Bonchev–Trinajstić information content (AvgIpc) is 3.09. The molecule has 2 aliphatic rings. The highest BCUT2D eigenvalue weighted by Gasteiger charge is 2.33. The molecule has 2 fully saturated rings. The predicted molar refractivity (Wildman–Crippen MR) is 107 cm³/mol. The highest BCUT2D eigenvalue weighted by atomic mass is 19.1. The number of nitrogens with one attached hydrogen (secondary N) is 1. The summed E-state index contributed by atoms with van der Waals surface area (Å²) in [6, 6.07) is 8.42.